The Bertz CT molecular complexity index is 919. The summed E-state index contributed by atoms with van der Waals surface area (Å²) in [5.74, 6) is -2.55. The fourth-order valence-electron chi connectivity index (χ4n) is 3.01. The molecule has 0 saturated carbocycles. The predicted molar refractivity (Wildman–Crippen MR) is 101 cm³/mol. The quantitative estimate of drug-likeness (QED) is 0.461. The number of carbonyl (C=O) groups excluding carboxylic acids is 2. The maximum Gasteiger partial charge on any atom is 0.331 e. The van der Waals surface area contributed by atoms with Gasteiger partial charge in [0, 0.05) is 12.0 Å². The molecule has 1 saturated heterocycles. The number of aliphatic carboxylic acids is 1. The van der Waals surface area contributed by atoms with Crippen molar-refractivity contribution in [2.24, 2.45) is 0 Å². The minimum atomic E-state index is -1.61. The molecule has 10 heteroatoms. The minimum Gasteiger partial charge on any atom is -0.506 e. The highest BCUT2D eigenvalue weighted by molar-refractivity contribution is 7.10. The molecule has 1 unspecified atom stereocenters. The number of aromatic hydroxyl groups is 1. The van der Waals surface area contributed by atoms with Crippen LogP contribution in [-0.4, -0.2) is 52.3 Å². The summed E-state index contributed by atoms with van der Waals surface area (Å²) >= 11 is 7.27. The lowest BCUT2D eigenvalue weighted by atomic mass is 9.95. The summed E-state index contributed by atoms with van der Waals surface area (Å²) in [5.41, 5.74) is -1.39. The molecule has 2 atom stereocenters. The van der Waals surface area contributed by atoms with E-state index in [9.17, 15) is 24.6 Å². The van der Waals surface area contributed by atoms with Gasteiger partial charge in [-0.1, -0.05) is 23.7 Å². The Morgan fingerprint density at radius 1 is 1.43 bits per heavy atom. The number of halogens is 1. The zero-order chi connectivity index (χ0) is 20.5. The van der Waals surface area contributed by atoms with E-state index in [0.717, 1.165) is 9.78 Å². The number of phenolic OH excluding ortho intramolecular Hbond substituents is 1. The number of hydrogen-bond acceptors (Lipinski definition) is 6. The van der Waals surface area contributed by atoms with Crippen LogP contribution in [-0.2, 0) is 25.5 Å². The Labute approximate surface area is 169 Å². The number of carboxylic acids is 1. The summed E-state index contributed by atoms with van der Waals surface area (Å²) in [7, 11) is 1.27. The number of nitrogens with zero attached hydrogens (tertiary/aromatic N) is 1. The van der Waals surface area contributed by atoms with Gasteiger partial charge in [-0.2, -0.15) is 0 Å². The molecule has 0 aliphatic carbocycles. The number of carbonyl (C=O) groups is 3. The van der Waals surface area contributed by atoms with Crippen LogP contribution in [0.3, 0.4) is 0 Å². The summed E-state index contributed by atoms with van der Waals surface area (Å²) in [6, 6.07) is 6.19. The van der Waals surface area contributed by atoms with Crippen molar-refractivity contribution in [2.45, 2.75) is 18.2 Å². The molecule has 8 nitrogen and oxygen atoms in total. The van der Waals surface area contributed by atoms with Crippen LogP contribution in [0.2, 0.25) is 5.02 Å². The first kappa shape index (κ1) is 20.1. The number of hydrogen-bond donors (Lipinski definition) is 3. The van der Waals surface area contributed by atoms with Crippen LogP contribution in [0.1, 0.15) is 16.5 Å². The van der Waals surface area contributed by atoms with Gasteiger partial charge < -0.3 is 25.2 Å². The van der Waals surface area contributed by atoms with Gasteiger partial charge in [0.05, 0.1) is 18.0 Å². The third-order valence-corrected chi connectivity index (χ3v) is 5.62. The van der Waals surface area contributed by atoms with Crippen molar-refractivity contribution in [3.8, 4) is 5.75 Å². The van der Waals surface area contributed by atoms with Crippen LogP contribution >= 0.6 is 22.9 Å². The lowest BCUT2D eigenvalue weighted by Crippen LogP contribution is -2.76. The minimum absolute atomic E-state index is 0.0287. The van der Waals surface area contributed by atoms with E-state index in [0.29, 0.717) is 0 Å². The monoisotopic (exact) mass is 424 g/mol. The van der Waals surface area contributed by atoms with Gasteiger partial charge in [-0.3, -0.25) is 9.59 Å². The molecule has 3 rings (SSSR count). The van der Waals surface area contributed by atoms with Gasteiger partial charge in [0.25, 0.3) is 5.91 Å². The maximum absolute atomic E-state index is 12.8. The highest BCUT2D eigenvalue weighted by atomic mass is 35.5. The molecule has 2 aromatic rings. The van der Waals surface area contributed by atoms with Crippen LogP contribution in [0, 0.1) is 0 Å². The first-order valence-corrected chi connectivity index (χ1v) is 9.44. The van der Waals surface area contributed by atoms with Crippen LogP contribution in [0.5, 0.6) is 5.75 Å². The molecule has 1 aromatic heterocycles. The average Bonchev–Trinajstić information content (AvgIpc) is 3.15. The molecule has 28 heavy (non-hydrogen) atoms. The fourth-order valence-corrected chi connectivity index (χ4v) is 3.91. The van der Waals surface area contributed by atoms with Gasteiger partial charge in [0.1, 0.15) is 5.75 Å². The molecule has 3 N–H and O–H groups in total. The Morgan fingerprint density at radius 3 is 2.71 bits per heavy atom. The second kappa shape index (κ2) is 7.78. The van der Waals surface area contributed by atoms with Crippen molar-refractivity contribution >= 4 is 40.7 Å². The zero-order valence-corrected chi connectivity index (χ0v) is 16.3. The fraction of sp³-hybridized carbons (Fsp3) is 0.278. The van der Waals surface area contributed by atoms with Crippen molar-refractivity contribution in [1.29, 1.82) is 0 Å². The third-order valence-electron chi connectivity index (χ3n) is 4.44. The maximum atomic E-state index is 12.8. The van der Waals surface area contributed by atoms with Gasteiger partial charge >= 0.3 is 5.97 Å². The number of rotatable bonds is 7. The number of β-lactam (4-membered cyclic amide) rings is 1. The van der Waals surface area contributed by atoms with Crippen LogP contribution < -0.4 is 5.32 Å². The van der Waals surface area contributed by atoms with Gasteiger partial charge in [-0.05, 0) is 29.1 Å². The number of thiophene rings is 1. The lowest BCUT2D eigenvalue weighted by molar-refractivity contribution is -0.198. The van der Waals surface area contributed by atoms with Gasteiger partial charge in [0.15, 0.2) is 6.04 Å². The summed E-state index contributed by atoms with van der Waals surface area (Å²) in [6.45, 7) is -0.145. The molecule has 148 valence electrons. The van der Waals surface area contributed by atoms with Gasteiger partial charge in [0.2, 0.25) is 11.6 Å². The highest BCUT2D eigenvalue weighted by Gasteiger charge is 2.57. The first-order chi connectivity index (χ1) is 13.3. The molecule has 0 bridgehead atoms. The van der Waals surface area contributed by atoms with Crippen molar-refractivity contribution in [1.82, 2.24) is 10.2 Å². The van der Waals surface area contributed by atoms with E-state index in [2.05, 4.69) is 5.32 Å². The zero-order valence-electron chi connectivity index (χ0n) is 14.7. The summed E-state index contributed by atoms with van der Waals surface area (Å²) in [6.07, 6.45) is 0.0893. The van der Waals surface area contributed by atoms with Crippen LogP contribution in [0.4, 0.5) is 0 Å². The van der Waals surface area contributed by atoms with Crippen molar-refractivity contribution in [2.75, 3.05) is 13.7 Å². The summed E-state index contributed by atoms with van der Waals surface area (Å²) < 4.78 is 5.24. The molecule has 0 radical (unpaired) electrons. The van der Waals surface area contributed by atoms with E-state index in [1.807, 2.05) is 11.4 Å². The number of methoxy groups -OCH3 is 1. The van der Waals surface area contributed by atoms with Gasteiger partial charge in [-0.15, -0.1) is 11.3 Å². The second-order valence-corrected chi connectivity index (χ2v) is 7.66. The van der Waals surface area contributed by atoms with Crippen LogP contribution in [0.15, 0.2) is 35.7 Å². The molecule has 2 amide bonds. The van der Waals surface area contributed by atoms with E-state index < -0.39 is 29.6 Å². The van der Waals surface area contributed by atoms with E-state index in [1.165, 1.54) is 36.6 Å². The van der Waals surface area contributed by atoms with Crippen molar-refractivity contribution in [3.63, 3.8) is 0 Å². The van der Waals surface area contributed by atoms with E-state index in [4.69, 9.17) is 16.3 Å². The molecule has 1 fully saturated rings. The number of phenols is 1. The third kappa shape index (κ3) is 3.68. The summed E-state index contributed by atoms with van der Waals surface area (Å²) in [5, 5.41) is 23.5. The molecular formula is C18H17ClN2O6S. The number of amides is 2. The largest absolute Gasteiger partial charge is 0.506 e. The summed E-state index contributed by atoms with van der Waals surface area (Å²) in [4.78, 5) is 38.7. The van der Waals surface area contributed by atoms with Gasteiger partial charge in [-0.25, -0.2) is 4.79 Å². The molecule has 1 aromatic carbocycles. The number of ether oxygens (including phenoxy) is 1. The van der Waals surface area contributed by atoms with E-state index >= 15 is 0 Å². The van der Waals surface area contributed by atoms with E-state index in [1.54, 1.807) is 6.07 Å². The molecule has 1 aliphatic heterocycles. The standard InChI is InChI=1S/C18H17ClN2O6S/c1-27-18(20-14(23)8-11-3-2-6-28-11)9-21(17(18)26)15(16(24)25)10-4-5-13(22)12(19)7-10/h2-7,15,22H,8-9H2,1H3,(H,20,23)(H,24,25)/t15?,18-/m1/s1. The molecular weight excluding hydrogens is 408 g/mol. The lowest BCUT2D eigenvalue weighted by Gasteiger charge is -2.49. The molecule has 1 aliphatic rings. The Hall–Kier alpha value is -2.62. The normalized spacial score (nSPS) is 19.8. The molecule has 2 heterocycles. The number of carboxylic acid groups (broad SMARTS) is 1. The average molecular weight is 425 g/mol. The number of likely N-dealkylation sites (tertiary alicyclic amines) is 1. The Balaban J connectivity index is 1.77. The van der Waals surface area contributed by atoms with Crippen LogP contribution in [0.25, 0.3) is 0 Å². The highest BCUT2D eigenvalue weighted by Crippen LogP contribution is 2.36. The van der Waals surface area contributed by atoms with Crippen molar-refractivity contribution in [3.05, 3.63) is 51.2 Å². The second-order valence-electron chi connectivity index (χ2n) is 6.22. The Morgan fingerprint density at radius 2 is 2.18 bits per heavy atom. The SMILES string of the molecule is CO[C@]1(NC(=O)Cc2cccs2)CN(C(C(=O)O)c2ccc(O)c(Cl)c2)C1=O. The smallest absolute Gasteiger partial charge is 0.331 e. The van der Waals surface area contributed by atoms with E-state index in [-0.39, 0.29) is 29.3 Å². The predicted octanol–water partition coefficient (Wildman–Crippen LogP) is 1.78. The first-order valence-electron chi connectivity index (χ1n) is 8.18. The number of nitrogens with one attached hydrogen (secondary N) is 1. The van der Waals surface area contributed by atoms with Crippen molar-refractivity contribution < 1.29 is 29.3 Å². The number of benzene rings is 1. The molecule has 0 spiro atoms. The Kier molecular flexibility index (Phi) is 5.59. The topological polar surface area (TPSA) is 116 Å².